The number of aryl methyl sites for hydroxylation is 2. The molecule has 0 aromatic heterocycles. The highest BCUT2D eigenvalue weighted by atomic mass is 16.2. The van der Waals surface area contributed by atoms with Gasteiger partial charge in [0.2, 0.25) is 0 Å². The molecular weight excluding hydrogens is 390 g/mol. The number of urea groups is 1. The second-order valence-electron chi connectivity index (χ2n) is 9.01. The smallest absolute Gasteiger partial charge is 0.331 e. The van der Waals surface area contributed by atoms with E-state index in [4.69, 9.17) is 0 Å². The zero-order chi connectivity index (χ0) is 21.4. The Morgan fingerprint density at radius 2 is 1.68 bits per heavy atom. The maximum Gasteiger partial charge on any atom is 0.331 e. The summed E-state index contributed by atoms with van der Waals surface area (Å²) in [7, 11) is 0. The summed E-state index contributed by atoms with van der Waals surface area (Å²) < 4.78 is 0. The van der Waals surface area contributed by atoms with E-state index < -0.39 is 17.8 Å². The molecule has 0 unspecified atom stereocenters. The number of nitrogens with one attached hydrogen (secondary N) is 1. The van der Waals surface area contributed by atoms with Gasteiger partial charge < -0.3 is 4.90 Å². The number of imide groups is 2. The summed E-state index contributed by atoms with van der Waals surface area (Å²) in [6, 6.07) is 3.61. The normalized spacial score (nSPS) is 22.4. The van der Waals surface area contributed by atoms with E-state index in [0.717, 1.165) is 63.6 Å². The molecule has 4 amide bonds. The molecule has 0 atom stereocenters. The number of benzene rings is 1. The number of carbonyl (C=O) groups excluding carboxylic acids is 3. The third-order valence-electron chi connectivity index (χ3n) is 6.89. The van der Waals surface area contributed by atoms with E-state index >= 15 is 0 Å². The molecule has 0 saturated carbocycles. The van der Waals surface area contributed by atoms with Crippen LogP contribution >= 0.6 is 0 Å². The van der Waals surface area contributed by atoms with Crippen LogP contribution in [0.2, 0.25) is 0 Å². The molecule has 1 N–H and O–H groups in total. The number of anilines is 1. The first-order chi connectivity index (χ1) is 15.1. The summed E-state index contributed by atoms with van der Waals surface area (Å²) in [4.78, 5) is 41.6. The largest absolute Gasteiger partial charge is 0.371 e. The monoisotopic (exact) mass is 419 g/mol. The number of nitrogens with zero attached hydrogens (tertiary/aromatic N) is 2. The second kappa shape index (κ2) is 8.33. The number of rotatable bonds is 4. The van der Waals surface area contributed by atoms with Crippen molar-refractivity contribution >= 4 is 29.6 Å². The first kappa shape index (κ1) is 20.0. The maximum absolute atomic E-state index is 13.1. The van der Waals surface area contributed by atoms with Crippen molar-refractivity contribution in [1.29, 1.82) is 0 Å². The number of barbiturate groups is 1. The molecule has 1 aliphatic carbocycles. The Morgan fingerprint density at radius 3 is 2.35 bits per heavy atom. The molecular formula is C25H29N3O3. The molecule has 3 aliphatic heterocycles. The van der Waals surface area contributed by atoms with Crippen LogP contribution in [0.5, 0.6) is 0 Å². The Bertz CT molecular complexity index is 976. The Balaban J connectivity index is 1.41. The summed E-state index contributed by atoms with van der Waals surface area (Å²) >= 11 is 0. The van der Waals surface area contributed by atoms with Gasteiger partial charge in [-0.1, -0.05) is 11.6 Å². The molecule has 0 spiro atoms. The van der Waals surface area contributed by atoms with Crippen LogP contribution in [0, 0.1) is 0 Å². The van der Waals surface area contributed by atoms with Crippen LogP contribution in [0.4, 0.5) is 10.5 Å². The minimum absolute atomic E-state index is 0.0489. The Hall–Kier alpha value is -2.89. The molecule has 5 rings (SSSR count). The lowest BCUT2D eigenvalue weighted by atomic mass is 9.89. The van der Waals surface area contributed by atoms with Gasteiger partial charge in [0.25, 0.3) is 11.8 Å². The molecule has 0 radical (unpaired) electrons. The molecule has 31 heavy (non-hydrogen) atoms. The molecule has 4 aliphatic rings. The SMILES string of the molecule is O=C1NC(=O)N(CCC2=CCCCC2)C(=O)/C1=C\c1cc2c3c(c1)CCCN3CCC2. The van der Waals surface area contributed by atoms with Crippen molar-refractivity contribution in [3.63, 3.8) is 0 Å². The van der Waals surface area contributed by atoms with Crippen molar-refractivity contribution in [2.24, 2.45) is 0 Å². The fourth-order valence-electron chi connectivity index (χ4n) is 5.36. The van der Waals surface area contributed by atoms with Crippen LogP contribution in [-0.2, 0) is 22.4 Å². The predicted molar refractivity (Wildman–Crippen MR) is 120 cm³/mol. The highest BCUT2D eigenvalue weighted by Gasteiger charge is 2.35. The molecule has 1 saturated heterocycles. The first-order valence-electron chi connectivity index (χ1n) is 11.6. The average molecular weight is 420 g/mol. The predicted octanol–water partition coefficient (Wildman–Crippen LogP) is 3.74. The van der Waals surface area contributed by atoms with Gasteiger partial charge >= 0.3 is 6.03 Å². The van der Waals surface area contributed by atoms with Crippen molar-refractivity contribution in [3.05, 3.63) is 46.0 Å². The molecule has 162 valence electrons. The van der Waals surface area contributed by atoms with E-state index in [9.17, 15) is 14.4 Å². The van der Waals surface area contributed by atoms with Crippen molar-refractivity contribution < 1.29 is 14.4 Å². The minimum Gasteiger partial charge on any atom is -0.371 e. The van der Waals surface area contributed by atoms with Crippen LogP contribution < -0.4 is 10.2 Å². The van der Waals surface area contributed by atoms with Crippen LogP contribution in [-0.4, -0.2) is 42.4 Å². The minimum atomic E-state index is -0.611. The number of allylic oxidation sites excluding steroid dienone is 1. The molecule has 0 bridgehead atoms. The number of amides is 4. The quantitative estimate of drug-likeness (QED) is 0.459. The Morgan fingerprint density at radius 1 is 0.935 bits per heavy atom. The average Bonchev–Trinajstić information content (AvgIpc) is 2.77. The second-order valence-corrected chi connectivity index (χ2v) is 9.01. The van der Waals surface area contributed by atoms with Crippen molar-refractivity contribution in [2.45, 2.75) is 57.8 Å². The zero-order valence-corrected chi connectivity index (χ0v) is 17.9. The lowest BCUT2D eigenvalue weighted by Gasteiger charge is -2.37. The fraction of sp³-hybridized carbons (Fsp3) is 0.480. The van der Waals surface area contributed by atoms with E-state index in [0.29, 0.717) is 13.0 Å². The lowest BCUT2D eigenvalue weighted by molar-refractivity contribution is -0.130. The van der Waals surface area contributed by atoms with Gasteiger partial charge in [0.05, 0.1) is 0 Å². The molecule has 6 nitrogen and oxygen atoms in total. The molecule has 1 aromatic carbocycles. The van der Waals surface area contributed by atoms with Gasteiger partial charge in [-0.05, 0) is 92.7 Å². The maximum atomic E-state index is 13.1. The van der Waals surface area contributed by atoms with Crippen LogP contribution in [0.1, 0.15) is 61.6 Å². The van der Waals surface area contributed by atoms with Crippen molar-refractivity contribution in [3.8, 4) is 0 Å². The van der Waals surface area contributed by atoms with Crippen LogP contribution in [0.25, 0.3) is 6.08 Å². The van der Waals surface area contributed by atoms with Gasteiger partial charge in [0.1, 0.15) is 5.57 Å². The third-order valence-corrected chi connectivity index (χ3v) is 6.89. The van der Waals surface area contributed by atoms with E-state index in [-0.39, 0.29) is 5.57 Å². The summed E-state index contributed by atoms with van der Waals surface area (Å²) in [5.74, 6) is -1.09. The molecule has 1 aromatic rings. The van der Waals surface area contributed by atoms with E-state index in [1.165, 1.54) is 33.7 Å². The Kier molecular flexibility index (Phi) is 5.38. The van der Waals surface area contributed by atoms with E-state index in [2.05, 4.69) is 28.4 Å². The summed E-state index contributed by atoms with van der Waals surface area (Å²) in [6.07, 6.45) is 13.3. The third kappa shape index (κ3) is 3.91. The van der Waals surface area contributed by atoms with Gasteiger partial charge in [0, 0.05) is 25.3 Å². The van der Waals surface area contributed by atoms with Crippen molar-refractivity contribution in [2.75, 3.05) is 24.5 Å². The van der Waals surface area contributed by atoms with Gasteiger partial charge in [-0.15, -0.1) is 0 Å². The number of hydrogen-bond acceptors (Lipinski definition) is 4. The molecule has 3 heterocycles. The van der Waals surface area contributed by atoms with Crippen molar-refractivity contribution in [1.82, 2.24) is 10.2 Å². The highest BCUT2D eigenvalue weighted by Crippen LogP contribution is 2.36. The van der Waals surface area contributed by atoms with Gasteiger partial charge in [0.15, 0.2) is 0 Å². The standard InChI is InChI=1S/C25H29N3O3/c29-23-21(24(30)28(25(31)26-23)13-10-17-6-2-1-3-7-17)16-18-14-19-8-4-11-27-12-5-9-20(15-18)22(19)27/h6,14-16H,1-5,7-13H2,(H,26,29,31)/b21-16-. The van der Waals surface area contributed by atoms with E-state index in [1.807, 2.05) is 0 Å². The zero-order valence-electron chi connectivity index (χ0n) is 17.9. The fourth-order valence-corrected chi connectivity index (χ4v) is 5.36. The summed E-state index contributed by atoms with van der Waals surface area (Å²) in [6.45, 7) is 2.52. The van der Waals surface area contributed by atoms with Crippen LogP contribution in [0.3, 0.4) is 0 Å². The summed E-state index contributed by atoms with van der Waals surface area (Å²) in [5.41, 5.74) is 6.18. The topological polar surface area (TPSA) is 69.7 Å². The molecule has 6 heteroatoms. The van der Waals surface area contributed by atoms with Gasteiger partial charge in [-0.3, -0.25) is 19.8 Å². The first-order valence-corrected chi connectivity index (χ1v) is 11.6. The lowest BCUT2D eigenvalue weighted by Crippen LogP contribution is -2.54. The summed E-state index contributed by atoms with van der Waals surface area (Å²) in [5, 5.41) is 2.36. The Labute approximate surface area is 183 Å². The number of hydrogen-bond donors (Lipinski definition) is 1. The van der Waals surface area contributed by atoms with Gasteiger partial charge in [-0.25, -0.2) is 4.79 Å². The highest BCUT2D eigenvalue weighted by molar-refractivity contribution is 6.31. The van der Waals surface area contributed by atoms with Gasteiger partial charge in [-0.2, -0.15) is 0 Å². The van der Waals surface area contributed by atoms with Crippen LogP contribution in [0.15, 0.2) is 29.4 Å². The van der Waals surface area contributed by atoms with E-state index in [1.54, 1.807) is 6.08 Å². The number of carbonyl (C=O) groups is 3. The molecule has 1 fully saturated rings.